The first-order valence-electron chi connectivity index (χ1n) is 8.35. The predicted octanol–water partition coefficient (Wildman–Crippen LogP) is 2.91. The van der Waals surface area contributed by atoms with Crippen LogP contribution in [-0.4, -0.2) is 25.0 Å². The molecule has 0 unspecified atom stereocenters. The van der Waals surface area contributed by atoms with E-state index in [9.17, 15) is 9.59 Å². The highest BCUT2D eigenvalue weighted by Gasteiger charge is 2.38. The summed E-state index contributed by atoms with van der Waals surface area (Å²) < 4.78 is 5.76. The third-order valence-corrected chi connectivity index (χ3v) is 4.32. The summed E-state index contributed by atoms with van der Waals surface area (Å²) in [6, 6.07) is 13.0. The van der Waals surface area contributed by atoms with E-state index in [1.54, 1.807) is 4.90 Å². The lowest BCUT2D eigenvalue weighted by atomic mass is 10.1. The van der Waals surface area contributed by atoms with Gasteiger partial charge in [0.05, 0.1) is 12.2 Å². The molecule has 1 aliphatic heterocycles. The molecule has 130 valence electrons. The van der Waals surface area contributed by atoms with Crippen molar-refractivity contribution in [3.63, 3.8) is 0 Å². The van der Waals surface area contributed by atoms with Crippen LogP contribution in [0.4, 0.5) is 5.69 Å². The molecule has 0 radical (unpaired) electrons. The molecule has 0 aliphatic carbocycles. The van der Waals surface area contributed by atoms with Gasteiger partial charge in [-0.05, 0) is 31.5 Å². The molecule has 1 heterocycles. The van der Waals surface area contributed by atoms with E-state index in [0.29, 0.717) is 13.2 Å². The van der Waals surface area contributed by atoms with Crippen molar-refractivity contribution < 1.29 is 14.3 Å². The normalized spacial score (nSPS) is 15.9. The predicted molar refractivity (Wildman–Crippen MR) is 96.8 cm³/mol. The van der Waals surface area contributed by atoms with E-state index < -0.39 is 6.04 Å². The molecule has 3 rings (SSSR count). The minimum Gasteiger partial charge on any atom is -0.492 e. The molecule has 1 N–H and O–H groups in total. The number of hydrogen-bond donors (Lipinski definition) is 1. The van der Waals surface area contributed by atoms with Crippen molar-refractivity contribution in [1.82, 2.24) is 5.32 Å². The number of benzene rings is 2. The Morgan fingerprint density at radius 1 is 1.16 bits per heavy atom. The van der Waals surface area contributed by atoms with Gasteiger partial charge >= 0.3 is 0 Å². The first-order chi connectivity index (χ1) is 12.0. The minimum absolute atomic E-state index is 0.119. The second kappa shape index (κ2) is 6.97. The number of ether oxygens (including phenoxy) is 1. The lowest BCUT2D eigenvalue weighted by Gasteiger charge is -2.20. The molecule has 0 fully saturated rings. The summed E-state index contributed by atoms with van der Waals surface area (Å²) >= 11 is 0. The molecule has 5 heteroatoms. The van der Waals surface area contributed by atoms with Crippen LogP contribution in [-0.2, 0) is 9.59 Å². The van der Waals surface area contributed by atoms with Crippen LogP contribution in [0.3, 0.4) is 0 Å². The smallest absolute Gasteiger partial charge is 0.254 e. The Labute approximate surface area is 147 Å². The molecule has 0 aromatic heterocycles. The second-order valence-corrected chi connectivity index (χ2v) is 6.30. The third-order valence-electron chi connectivity index (χ3n) is 4.32. The number of para-hydroxylation sites is 1. The van der Waals surface area contributed by atoms with E-state index in [4.69, 9.17) is 4.74 Å². The SMILES string of the molecule is CC(=O)N[C@@H]1C(=O)N(CCOc2ccc(C)cc2)c2c(C)cccc21. The van der Waals surface area contributed by atoms with Crippen molar-refractivity contribution in [2.24, 2.45) is 0 Å². The zero-order valence-corrected chi connectivity index (χ0v) is 14.7. The van der Waals surface area contributed by atoms with Gasteiger partial charge in [0.1, 0.15) is 18.4 Å². The third kappa shape index (κ3) is 3.50. The maximum Gasteiger partial charge on any atom is 0.254 e. The van der Waals surface area contributed by atoms with Crippen molar-refractivity contribution in [3.8, 4) is 5.75 Å². The molecule has 1 atom stereocenters. The Balaban J connectivity index is 1.76. The minimum atomic E-state index is -0.619. The topological polar surface area (TPSA) is 58.6 Å². The summed E-state index contributed by atoms with van der Waals surface area (Å²) in [5, 5.41) is 2.75. The van der Waals surface area contributed by atoms with Gasteiger partial charge in [0.15, 0.2) is 0 Å². The molecule has 2 aromatic rings. The number of nitrogens with one attached hydrogen (secondary N) is 1. The monoisotopic (exact) mass is 338 g/mol. The Morgan fingerprint density at radius 3 is 2.56 bits per heavy atom. The van der Waals surface area contributed by atoms with Crippen molar-refractivity contribution in [3.05, 3.63) is 59.2 Å². The van der Waals surface area contributed by atoms with Crippen LogP contribution in [0.15, 0.2) is 42.5 Å². The molecule has 25 heavy (non-hydrogen) atoms. The van der Waals surface area contributed by atoms with Gasteiger partial charge < -0.3 is 15.0 Å². The largest absolute Gasteiger partial charge is 0.492 e. The van der Waals surface area contributed by atoms with Crippen LogP contribution < -0.4 is 15.0 Å². The number of fused-ring (bicyclic) bond motifs is 1. The fourth-order valence-electron chi connectivity index (χ4n) is 3.14. The summed E-state index contributed by atoms with van der Waals surface area (Å²) in [5.41, 5.74) is 3.90. The van der Waals surface area contributed by atoms with Gasteiger partial charge in [0.25, 0.3) is 5.91 Å². The number of anilines is 1. The van der Waals surface area contributed by atoms with Crippen molar-refractivity contribution in [2.45, 2.75) is 26.8 Å². The van der Waals surface area contributed by atoms with Crippen molar-refractivity contribution >= 4 is 17.5 Å². The average Bonchev–Trinajstić information content (AvgIpc) is 2.83. The number of aryl methyl sites for hydroxylation is 2. The molecule has 0 saturated carbocycles. The van der Waals surface area contributed by atoms with Gasteiger partial charge in [-0.3, -0.25) is 9.59 Å². The number of nitrogens with zero attached hydrogens (tertiary/aromatic N) is 1. The quantitative estimate of drug-likeness (QED) is 0.912. The lowest BCUT2D eigenvalue weighted by Crippen LogP contribution is -2.38. The van der Waals surface area contributed by atoms with E-state index in [1.807, 2.05) is 56.3 Å². The Hall–Kier alpha value is -2.82. The molecule has 2 aromatic carbocycles. The van der Waals surface area contributed by atoms with Crippen molar-refractivity contribution in [2.75, 3.05) is 18.1 Å². The molecule has 0 saturated heterocycles. The Kier molecular flexibility index (Phi) is 4.74. The van der Waals surface area contributed by atoms with Crippen LogP contribution >= 0.6 is 0 Å². The summed E-state index contributed by atoms with van der Waals surface area (Å²) in [6.45, 7) is 6.23. The molecular formula is C20H22N2O3. The standard InChI is InChI=1S/C20H22N2O3/c1-13-7-9-16(10-8-13)25-12-11-22-19-14(2)5-4-6-17(19)18(20(22)24)21-15(3)23/h4-10,18H,11-12H2,1-3H3,(H,21,23)/t18-/m0/s1. The van der Waals surface area contributed by atoms with Crippen LogP contribution in [0.5, 0.6) is 5.75 Å². The maximum atomic E-state index is 12.8. The molecule has 0 bridgehead atoms. The van der Waals surface area contributed by atoms with Gasteiger partial charge in [-0.25, -0.2) is 0 Å². The highest BCUT2D eigenvalue weighted by atomic mass is 16.5. The number of rotatable bonds is 5. The maximum absolute atomic E-state index is 12.8. The Morgan fingerprint density at radius 2 is 1.88 bits per heavy atom. The van der Waals surface area contributed by atoms with Crippen LogP contribution in [0.1, 0.15) is 29.7 Å². The van der Waals surface area contributed by atoms with Gasteiger partial charge in [0.2, 0.25) is 5.91 Å². The number of carbonyl (C=O) groups excluding carboxylic acids is 2. The fourth-order valence-corrected chi connectivity index (χ4v) is 3.14. The van der Waals surface area contributed by atoms with E-state index >= 15 is 0 Å². The first-order valence-corrected chi connectivity index (χ1v) is 8.35. The summed E-state index contributed by atoms with van der Waals surface area (Å²) in [4.78, 5) is 26.0. The second-order valence-electron chi connectivity index (χ2n) is 6.30. The van der Waals surface area contributed by atoms with Crippen LogP contribution in [0.2, 0.25) is 0 Å². The highest BCUT2D eigenvalue weighted by Crippen LogP contribution is 2.38. The zero-order valence-electron chi connectivity index (χ0n) is 14.7. The number of hydrogen-bond acceptors (Lipinski definition) is 3. The molecule has 5 nitrogen and oxygen atoms in total. The molecule has 0 spiro atoms. The molecule has 2 amide bonds. The van der Waals surface area contributed by atoms with Crippen molar-refractivity contribution in [1.29, 1.82) is 0 Å². The van der Waals surface area contributed by atoms with E-state index in [2.05, 4.69) is 5.32 Å². The number of carbonyl (C=O) groups is 2. The highest BCUT2D eigenvalue weighted by molar-refractivity contribution is 6.06. The van der Waals surface area contributed by atoms with E-state index in [-0.39, 0.29) is 11.8 Å². The summed E-state index contributed by atoms with van der Waals surface area (Å²) in [6.07, 6.45) is 0. The average molecular weight is 338 g/mol. The Bertz CT molecular complexity index is 799. The molecule has 1 aliphatic rings. The van der Waals surface area contributed by atoms with Gasteiger partial charge in [-0.1, -0.05) is 35.9 Å². The number of amides is 2. The van der Waals surface area contributed by atoms with Crippen LogP contribution in [0, 0.1) is 13.8 Å². The van der Waals surface area contributed by atoms with E-state index in [1.165, 1.54) is 12.5 Å². The molecular weight excluding hydrogens is 316 g/mol. The fraction of sp³-hybridized carbons (Fsp3) is 0.300. The zero-order chi connectivity index (χ0) is 18.0. The van der Waals surface area contributed by atoms with Crippen LogP contribution in [0.25, 0.3) is 0 Å². The lowest BCUT2D eigenvalue weighted by molar-refractivity contribution is -0.126. The van der Waals surface area contributed by atoms with Gasteiger partial charge in [0, 0.05) is 12.5 Å². The first kappa shape index (κ1) is 17.0. The van der Waals surface area contributed by atoms with Gasteiger partial charge in [-0.2, -0.15) is 0 Å². The van der Waals surface area contributed by atoms with Gasteiger partial charge in [-0.15, -0.1) is 0 Å². The van der Waals surface area contributed by atoms with E-state index in [0.717, 1.165) is 22.6 Å². The summed E-state index contributed by atoms with van der Waals surface area (Å²) in [5.74, 6) is 0.441. The summed E-state index contributed by atoms with van der Waals surface area (Å²) in [7, 11) is 0.